The van der Waals surface area contributed by atoms with Gasteiger partial charge in [0.15, 0.2) is 0 Å². The molecular formula is C21H28N2O7. The molecule has 30 heavy (non-hydrogen) atoms. The van der Waals surface area contributed by atoms with Gasteiger partial charge in [0, 0.05) is 27.0 Å². The molecular weight excluding hydrogens is 392 g/mol. The van der Waals surface area contributed by atoms with E-state index in [-0.39, 0.29) is 24.0 Å². The Morgan fingerprint density at radius 2 is 1.80 bits per heavy atom. The first kappa shape index (κ1) is 25.0. The molecule has 1 atom stereocenters. The number of carbonyl (C=O) groups excluding carboxylic acids is 5. The van der Waals surface area contributed by atoms with Crippen LogP contribution in [0.1, 0.15) is 59.2 Å². The Morgan fingerprint density at radius 3 is 2.43 bits per heavy atom. The first-order valence-corrected chi connectivity index (χ1v) is 9.74. The van der Waals surface area contributed by atoms with E-state index >= 15 is 0 Å². The second-order valence-corrected chi connectivity index (χ2v) is 6.40. The smallest absolute Gasteiger partial charge is 0.266 e. The van der Waals surface area contributed by atoms with Gasteiger partial charge in [-0.25, -0.2) is 0 Å². The summed E-state index contributed by atoms with van der Waals surface area (Å²) in [6, 6.07) is 3.70. The van der Waals surface area contributed by atoms with Crippen molar-refractivity contribution in [3.8, 4) is 5.75 Å². The molecule has 0 fully saturated rings. The Kier molecular flexibility index (Phi) is 11.0. The number of nitrogens with zero attached hydrogens (tertiary/aromatic N) is 1. The van der Waals surface area contributed by atoms with Gasteiger partial charge in [0.2, 0.25) is 5.91 Å². The summed E-state index contributed by atoms with van der Waals surface area (Å²) in [5.41, 5.74) is 0.323. The van der Waals surface area contributed by atoms with Crippen LogP contribution >= 0.6 is 0 Å². The Balaban J connectivity index is 0.00000218. The quantitative estimate of drug-likeness (QED) is 0.294. The number of hydrogen-bond donors (Lipinski definition) is 2. The molecule has 1 aliphatic heterocycles. The van der Waals surface area contributed by atoms with Crippen molar-refractivity contribution in [2.45, 2.75) is 44.6 Å². The van der Waals surface area contributed by atoms with E-state index in [2.05, 4.69) is 5.32 Å². The summed E-state index contributed by atoms with van der Waals surface area (Å²) in [4.78, 5) is 59.9. The topological polar surface area (TPSA) is 130 Å². The summed E-state index contributed by atoms with van der Waals surface area (Å²) in [5, 5.41) is 9.43. The SMILES string of the molecule is CNC(=O)C(CCC=O)N1C(=O)c2cccc(OCCCCCC=O)c2C1=O.CO. The first-order chi connectivity index (χ1) is 14.6. The van der Waals surface area contributed by atoms with Gasteiger partial charge in [-0.05, 0) is 37.8 Å². The van der Waals surface area contributed by atoms with E-state index in [4.69, 9.17) is 9.84 Å². The lowest BCUT2D eigenvalue weighted by Crippen LogP contribution is -2.48. The number of amides is 3. The van der Waals surface area contributed by atoms with Gasteiger partial charge in [-0.2, -0.15) is 0 Å². The monoisotopic (exact) mass is 420 g/mol. The minimum absolute atomic E-state index is 0.0512. The molecule has 0 radical (unpaired) electrons. The highest BCUT2D eigenvalue weighted by Gasteiger charge is 2.44. The van der Waals surface area contributed by atoms with Crippen LogP contribution < -0.4 is 10.1 Å². The summed E-state index contributed by atoms with van der Waals surface area (Å²) < 4.78 is 5.70. The molecule has 164 valence electrons. The number of aliphatic hydroxyl groups is 1. The number of carbonyl (C=O) groups is 5. The van der Waals surface area contributed by atoms with Crippen molar-refractivity contribution in [2.24, 2.45) is 0 Å². The number of benzene rings is 1. The molecule has 1 heterocycles. The van der Waals surface area contributed by atoms with Crippen LogP contribution in [-0.2, 0) is 14.4 Å². The predicted molar refractivity (Wildman–Crippen MR) is 108 cm³/mol. The molecule has 0 aliphatic carbocycles. The maximum absolute atomic E-state index is 12.9. The van der Waals surface area contributed by atoms with Crippen LogP contribution in [0.15, 0.2) is 18.2 Å². The number of imide groups is 1. The fraction of sp³-hybridized carbons (Fsp3) is 0.476. The van der Waals surface area contributed by atoms with E-state index < -0.39 is 23.8 Å². The highest BCUT2D eigenvalue weighted by molar-refractivity contribution is 6.24. The van der Waals surface area contributed by atoms with Gasteiger partial charge in [0.25, 0.3) is 11.8 Å². The lowest BCUT2D eigenvalue weighted by Gasteiger charge is -2.24. The molecule has 2 rings (SSSR count). The molecule has 0 spiro atoms. The summed E-state index contributed by atoms with van der Waals surface area (Å²) in [5.74, 6) is -1.39. The van der Waals surface area contributed by atoms with E-state index in [1.165, 1.54) is 13.1 Å². The van der Waals surface area contributed by atoms with Crippen LogP contribution in [0.4, 0.5) is 0 Å². The maximum Gasteiger partial charge on any atom is 0.266 e. The van der Waals surface area contributed by atoms with Crippen molar-refractivity contribution in [2.75, 3.05) is 20.8 Å². The van der Waals surface area contributed by atoms with Crippen LogP contribution in [0, 0.1) is 0 Å². The number of rotatable bonds is 12. The van der Waals surface area contributed by atoms with E-state index in [1.807, 2.05) is 0 Å². The number of unbranched alkanes of at least 4 members (excludes halogenated alkanes) is 3. The van der Waals surface area contributed by atoms with E-state index in [1.54, 1.807) is 12.1 Å². The average Bonchev–Trinajstić information content (AvgIpc) is 3.03. The third kappa shape index (κ3) is 5.96. The highest BCUT2D eigenvalue weighted by Crippen LogP contribution is 2.33. The standard InChI is InChI=1S/C20H24N2O6.CH4O/c1-21-18(25)15(9-7-12-24)22-19(26)14-8-6-10-16(17(14)20(22)27)28-13-5-3-2-4-11-23;1-2/h6,8,10-12,15H,2-5,7,9,13H2,1H3,(H,21,25);2H,1H3. The molecule has 0 bridgehead atoms. The number of aldehydes is 2. The largest absolute Gasteiger partial charge is 0.493 e. The Hall–Kier alpha value is -3.07. The number of likely N-dealkylation sites (N-methyl/N-ethyl adjacent to an activating group) is 1. The molecule has 9 heteroatoms. The molecule has 1 unspecified atom stereocenters. The minimum Gasteiger partial charge on any atom is -0.493 e. The third-order valence-corrected chi connectivity index (χ3v) is 4.55. The molecule has 1 aromatic carbocycles. The van der Waals surface area contributed by atoms with Gasteiger partial charge in [0.1, 0.15) is 24.4 Å². The van der Waals surface area contributed by atoms with Gasteiger partial charge in [-0.3, -0.25) is 19.3 Å². The third-order valence-electron chi connectivity index (χ3n) is 4.55. The number of hydrogen-bond acceptors (Lipinski definition) is 7. The lowest BCUT2D eigenvalue weighted by molar-refractivity contribution is -0.124. The van der Waals surface area contributed by atoms with E-state index in [0.29, 0.717) is 31.5 Å². The Labute approximate surface area is 175 Å². The van der Waals surface area contributed by atoms with E-state index in [0.717, 1.165) is 31.1 Å². The van der Waals surface area contributed by atoms with Crippen molar-refractivity contribution >= 4 is 30.3 Å². The van der Waals surface area contributed by atoms with Crippen molar-refractivity contribution < 1.29 is 33.8 Å². The zero-order valence-corrected chi connectivity index (χ0v) is 17.3. The van der Waals surface area contributed by atoms with Crippen molar-refractivity contribution in [3.63, 3.8) is 0 Å². The van der Waals surface area contributed by atoms with Crippen molar-refractivity contribution in [1.82, 2.24) is 10.2 Å². The van der Waals surface area contributed by atoms with Crippen LogP contribution in [0.3, 0.4) is 0 Å². The van der Waals surface area contributed by atoms with Gasteiger partial charge >= 0.3 is 0 Å². The van der Waals surface area contributed by atoms with Crippen molar-refractivity contribution in [3.05, 3.63) is 29.3 Å². The second-order valence-electron chi connectivity index (χ2n) is 6.40. The molecule has 0 saturated carbocycles. The van der Waals surface area contributed by atoms with Crippen LogP contribution in [0.2, 0.25) is 0 Å². The molecule has 0 saturated heterocycles. The number of aliphatic hydroxyl groups excluding tert-OH is 1. The molecule has 3 amide bonds. The molecule has 1 aliphatic rings. The molecule has 1 aromatic rings. The summed E-state index contributed by atoms with van der Waals surface area (Å²) >= 11 is 0. The zero-order valence-electron chi connectivity index (χ0n) is 17.3. The van der Waals surface area contributed by atoms with Gasteiger partial charge in [-0.1, -0.05) is 6.07 Å². The summed E-state index contributed by atoms with van der Waals surface area (Å²) in [7, 11) is 2.41. The normalized spacial score (nSPS) is 13.1. The van der Waals surface area contributed by atoms with Crippen molar-refractivity contribution in [1.29, 1.82) is 0 Å². The highest BCUT2D eigenvalue weighted by atomic mass is 16.5. The Bertz CT molecular complexity index is 764. The van der Waals surface area contributed by atoms with Crippen LogP contribution in [0.25, 0.3) is 0 Å². The fourth-order valence-corrected chi connectivity index (χ4v) is 3.13. The molecule has 9 nitrogen and oxygen atoms in total. The van der Waals surface area contributed by atoms with Gasteiger partial charge in [-0.15, -0.1) is 0 Å². The number of ether oxygens (including phenoxy) is 1. The zero-order chi connectivity index (χ0) is 22.5. The predicted octanol–water partition coefficient (Wildman–Crippen LogP) is 1.12. The summed E-state index contributed by atoms with van der Waals surface area (Å²) in [6.45, 7) is 0.348. The van der Waals surface area contributed by atoms with Crippen LogP contribution in [-0.4, -0.2) is 67.1 Å². The van der Waals surface area contributed by atoms with E-state index in [9.17, 15) is 24.0 Å². The minimum atomic E-state index is -1.06. The molecule has 0 aromatic heterocycles. The van der Waals surface area contributed by atoms with Gasteiger partial charge in [0.05, 0.1) is 17.7 Å². The molecule has 2 N–H and O–H groups in total. The lowest BCUT2D eigenvalue weighted by atomic mass is 10.1. The first-order valence-electron chi connectivity index (χ1n) is 9.74. The van der Waals surface area contributed by atoms with Gasteiger partial charge < -0.3 is 24.7 Å². The van der Waals surface area contributed by atoms with Crippen LogP contribution in [0.5, 0.6) is 5.75 Å². The number of nitrogens with one attached hydrogen (secondary N) is 1. The maximum atomic E-state index is 12.9. The summed E-state index contributed by atoms with van der Waals surface area (Å²) in [6.07, 6.45) is 4.43. The fourth-order valence-electron chi connectivity index (χ4n) is 3.13. The number of fused-ring (bicyclic) bond motifs is 1. The Morgan fingerprint density at radius 1 is 1.10 bits per heavy atom. The average molecular weight is 420 g/mol. The second kappa shape index (κ2) is 13.2.